The molecule has 1 aromatic heterocycles. The van der Waals surface area contributed by atoms with Crippen molar-refractivity contribution < 1.29 is 14.5 Å². The van der Waals surface area contributed by atoms with E-state index in [2.05, 4.69) is 0 Å². The first kappa shape index (κ1) is 23.2. The number of piperazine rings is 1. The Morgan fingerprint density at radius 3 is 2.18 bits per heavy atom. The van der Waals surface area contributed by atoms with Crippen molar-refractivity contribution in [2.45, 2.75) is 20.3 Å². The number of nitro groups is 1. The van der Waals surface area contributed by atoms with Crippen molar-refractivity contribution in [3.05, 3.63) is 76.5 Å². The van der Waals surface area contributed by atoms with E-state index < -0.39 is 4.92 Å². The van der Waals surface area contributed by atoms with E-state index in [1.165, 1.54) is 12.1 Å². The maximum Gasteiger partial charge on any atom is 0.269 e. The summed E-state index contributed by atoms with van der Waals surface area (Å²) in [4.78, 5) is 39.6. The predicted molar refractivity (Wildman–Crippen MR) is 127 cm³/mol. The van der Waals surface area contributed by atoms with Gasteiger partial charge in [-0.25, -0.2) is 4.68 Å². The van der Waals surface area contributed by atoms with E-state index in [9.17, 15) is 19.7 Å². The fourth-order valence-corrected chi connectivity index (χ4v) is 4.05. The van der Waals surface area contributed by atoms with Gasteiger partial charge in [0.15, 0.2) is 0 Å². The number of non-ortho nitro benzene ring substituents is 1. The number of carbonyl (C=O) groups excluding carboxylic acids is 2. The summed E-state index contributed by atoms with van der Waals surface area (Å²) in [6.45, 7) is 5.81. The fourth-order valence-electron chi connectivity index (χ4n) is 4.05. The second-order valence-electron chi connectivity index (χ2n) is 8.62. The van der Waals surface area contributed by atoms with Crippen LogP contribution in [-0.4, -0.2) is 62.5 Å². The van der Waals surface area contributed by atoms with E-state index in [1.807, 2.05) is 55.3 Å². The van der Waals surface area contributed by atoms with Gasteiger partial charge in [0.25, 0.3) is 5.69 Å². The minimum atomic E-state index is -0.444. The van der Waals surface area contributed by atoms with Crippen molar-refractivity contribution >= 4 is 17.5 Å². The Balaban J connectivity index is 1.57. The van der Waals surface area contributed by atoms with Crippen LogP contribution in [-0.2, 0) is 16.0 Å². The van der Waals surface area contributed by atoms with E-state index in [0.717, 1.165) is 11.3 Å². The zero-order chi connectivity index (χ0) is 24.2. The molecule has 2 aromatic carbocycles. The molecule has 0 atom stereocenters. The summed E-state index contributed by atoms with van der Waals surface area (Å²) in [6.07, 6.45) is 1.99. The van der Waals surface area contributed by atoms with E-state index in [1.54, 1.807) is 21.7 Å². The highest BCUT2D eigenvalue weighted by molar-refractivity contribution is 5.82. The van der Waals surface area contributed by atoms with Gasteiger partial charge in [-0.1, -0.05) is 32.0 Å². The zero-order valence-corrected chi connectivity index (χ0v) is 19.3. The summed E-state index contributed by atoms with van der Waals surface area (Å²) in [5.74, 6) is 0.0134. The number of carbonyl (C=O) groups is 2. The molecule has 0 unspecified atom stereocenters. The quantitative estimate of drug-likeness (QED) is 0.414. The van der Waals surface area contributed by atoms with E-state index in [-0.39, 0.29) is 29.8 Å². The van der Waals surface area contributed by atoms with Gasteiger partial charge < -0.3 is 9.80 Å². The van der Waals surface area contributed by atoms with Crippen molar-refractivity contribution in [1.29, 1.82) is 0 Å². The van der Waals surface area contributed by atoms with Crippen LogP contribution >= 0.6 is 0 Å². The molecule has 1 saturated heterocycles. The molecule has 34 heavy (non-hydrogen) atoms. The van der Waals surface area contributed by atoms with Gasteiger partial charge in [0.2, 0.25) is 11.8 Å². The second-order valence-corrected chi connectivity index (χ2v) is 8.62. The van der Waals surface area contributed by atoms with Gasteiger partial charge in [-0.2, -0.15) is 5.10 Å². The molecule has 2 amide bonds. The minimum Gasteiger partial charge on any atom is -0.339 e. The zero-order valence-electron chi connectivity index (χ0n) is 19.3. The summed E-state index contributed by atoms with van der Waals surface area (Å²) < 4.78 is 1.72. The summed E-state index contributed by atoms with van der Waals surface area (Å²) >= 11 is 0. The summed E-state index contributed by atoms with van der Waals surface area (Å²) in [5.41, 5.74) is 2.91. The third kappa shape index (κ3) is 4.98. The molecular formula is C25H27N5O4. The smallest absolute Gasteiger partial charge is 0.269 e. The maximum atomic E-state index is 13.1. The van der Waals surface area contributed by atoms with Gasteiger partial charge in [0, 0.05) is 61.6 Å². The van der Waals surface area contributed by atoms with Gasteiger partial charge in [-0.05, 0) is 24.3 Å². The van der Waals surface area contributed by atoms with Crippen LogP contribution in [0.1, 0.15) is 19.4 Å². The van der Waals surface area contributed by atoms with Gasteiger partial charge in [-0.15, -0.1) is 0 Å². The standard InChI is InChI=1S/C25H27N5O4/c1-18(2)25(32)28-14-12-27(13-15-28)23(31)16-20-17-29(21-6-4-3-5-7-21)26-24(20)19-8-10-22(11-9-19)30(33)34/h3-11,17-18H,12-16H2,1-2H3. The molecule has 0 saturated carbocycles. The molecule has 176 valence electrons. The van der Waals surface area contributed by atoms with Crippen LogP contribution in [0.5, 0.6) is 0 Å². The predicted octanol–water partition coefficient (Wildman–Crippen LogP) is 3.32. The lowest BCUT2D eigenvalue weighted by atomic mass is 10.0. The lowest BCUT2D eigenvalue weighted by molar-refractivity contribution is -0.384. The molecule has 3 aromatic rings. The average Bonchev–Trinajstić information content (AvgIpc) is 3.28. The molecule has 0 bridgehead atoms. The number of hydrogen-bond donors (Lipinski definition) is 0. The van der Waals surface area contributed by atoms with E-state index >= 15 is 0 Å². The van der Waals surface area contributed by atoms with Crippen LogP contribution in [0.4, 0.5) is 5.69 Å². The van der Waals surface area contributed by atoms with Crippen molar-refractivity contribution in [3.8, 4) is 16.9 Å². The molecule has 1 fully saturated rings. The molecular weight excluding hydrogens is 434 g/mol. The molecule has 1 aliphatic heterocycles. The first-order chi connectivity index (χ1) is 16.3. The number of hydrogen-bond acceptors (Lipinski definition) is 5. The number of nitro benzene ring substituents is 1. The van der Waals surface area contributed by atoms with Crippen LogP contribution in [0.2, 0.25) is 0 Å². The fraction of sp³-hybridized carbons (Fsp3) is 0.320. The average molecular weight is 462 g/mol. The Bertz CT molecular complexity index is 1180. The Morgan fingerprint density at radius 2 is 1.59 bits per heavy atom. The van der Waals surface area contributed by atoms with Gasteiger partial charge in [0.05, 0.1) is 22.7 Å². The van der Waals surface area contributed by atoms with Crippen LogP contribution in [0.15, 0.2) is 60.8 Å². The molecule has 2 heterocycles. The largest absolute Gasteiger partial charge is 0.339 e. The number of nitrogens with zero attached hydrogens (tertiary/aromatic N) is 5. The monoisotopic (exact) mass is 461 g/mol. The Labute approximate surface area is 197 Å². The van der Waals surface area contributed by atoms with Crippen LogP contribution in [0.3, 0.4) is 0 Å². The second kappa shape index (κ2) is 9.86. The summed E-state index contributed by atoms with van der Waals surface area (Å²) in [7, 11) is 0. The molecule has 9 nitrogen and oxygen atoms in total. The van der Waals surface area contributed by atoms with Crippen LogP contribution in [0.25, 0.3) is 16.9 Å². The van der Waals surface area contributed by atoms with Gasteiger partial charge in [-0.3, -0.25) is 19.7 Å². The number of aromatic nitrogens is 2. The molecule has 0 radical (unpaired) electrons. The van der Waals surface area contributed by atoms with Crippen LogP contribution < -0.4 is 0 Å². The lowest BCUT2D eigenvalue weighted by Crippen LogP contribution is -2.51. The SMILES string of the molecule is CC(C)C(=O)N1CCN(C(=O)Cc2cn(-c3ccccc3)nc2-c2ccc([N+](=O)[O-])cc2)CC1. The van der Waals surface area contributed by atoms with Crippen molar-refractivity contribution in [3.63, 3.8) is 0 Å². The molecule has 0 aliphatic carbocycles. The topological polar surface area (TPSA) is 102 Å². The molecule has 4 rings (SSSR count). The Hall–Kier alpha value is -4.01. The summed E-state index contributed by atoms with van der Waals surface area (Å²) in [6, 6.07) is 15.8. The summed E-state index contributed by atoms with van der Waals surface area (Å²) in [5, 5.41) is 15.7. The molecule has 0 spiro atoms. The first-order valence-electron chi connectivity index (χ1n) is 11.3. The van der Waals surface area contributed by atoms with Crippen molar-refractivity contribution in [2.24, 2.45) is 5.92 Å². The van der Waals surface area contributed by atoms with Gasteiger partial charge in [0.1, 0.15) is 0 Å². The first-order valence-corrected chi connectivity index (χ1v) is 11.3. The maximum absolute atomic E-state index is 13.1. The van der Waals surface area contributed by atoms with Gasteiger partial charge >= 0.3 is 0 Å². The highest BCUT2D eigenvalue weighted by Crippen LogP contribution is 2.27. The van der Waals surface area contributed by atoms with Crippen molar-refractivity contribution in [1.82, 2.24) is 19.6 Å². The Morgan fingerprint density at radius 1 is 0.971 bits per heavy atom. The number of rotatable bonds is 6. The highest BCUT2D eigenvalue weighted by atomic mass is 16.6. The number of amides is 2. The minimum absolute atomic E-state index is 0.00214. The molecule has 9 heteroatoms. The Kier molecular flexibility index (Phi) is 6.72. The van der Waals surface area contributed by atoms with Crippen LogP contribution in [0, 0.1) is 16.0 Å². The third-order valence-corrected chi connectivity index (χ3v) is 5.94. The highest BCUT2D eigenvalue weighted by Gasteiger charge is 2.26. The normalized spacial score (nSPS) is 13.9. The molecule has 1 aliphatic rings. The third-order valence-electron chi connectivity index (χ3n) is 5.94. The van der Waals surface area contributed by atoms with E-state index in [4.69, 9.17) is 5.10 Å². The van der Waals surface area contributed by atoms with Crippen molar-refractivity contribution in [2.75, 3.05) is 26.2 Å². The number of para-hydroxylation sites is 1. The molecule has 0 N–H and O–H groups in total. The van der Waals surface area contributed by atoms with E-state index in [0.29, 0.717) is 37.4 Å². The lowest BCUT2D eigenvalue weighted by Gasteiger charge is -2.35. The number of benzene rings is 2.